The molecule has 0 fully saturated rings. The second-order valence-electron chi connectivity index (χ2n) is 7.63. The highest BCUT2D eigenvalue weighted by Crippen LogP contribution is 2.44. The minimum Gasteiger partial charge on any atom is -0.455 e. The van der Waals surface area contributed by atoms with Gasteiger partial charge in [-0.25, -0.2) is 0 Å². The lowest BCUT2D eigenvalue weighted by molar-refractivity contribution is 0.661. The monoisotopic (exact) mass is 342 g/mol. The van der Waals surface area contributed by atoms with Crippen molar-refractivity contribution in [1.29, 1.82) is 0 Å². The van der Waals surface area contributed by atoms with E-state index in [1.54, 1.807) is 0 Å². The van der Waals surface area contributed by atoms with E-state index in [1.165, 1.54) is 60.8 Å². The average Bonchev–Trinajstić information content (AvgIpc) is 3.05. The van der Waals surface area contributed by atoms with Crippen LogP contribution in [-0.2, 0) is 0 Å². The van der Waals surface area contributed by atoms with Crippen LogP contribution >= 0.6 is 0 Å². The van der Waals surface area contributed by atoms with E-state index in [0.717, 1.165) is 11.2 Å². The van der Waals surface area contributed by atoms with Crippen molar-refractivity contribution in [3.63, 3.8) is 0 Å². The van der Waals surface area contributed by atoms with Gasteiger partial charge in [-0.05, 0) is 93.0 Å². The molecule has 0 N–H and O–H groups in total. The summed E-state index contributed by atoms with van der Waals surface area (Å²) >= 11 is 0. The molecule has 0 aliphatic rings. The number of fused-ring (bicyclic) bond motifs is 3. The van der Waals surface area contributed by atoms with Gasteiger partial charge in [0, 0.05) is 16.3 Å². The summed E-state index contributed by atoms with van der Waals surface area (Å²) in [5, 5.41) is 2.59. The Labute approximate surface area is 155 Å². The molecule has 132 valence electrons. The Balaban J connectivity index is 2.25. The lowest BCUT2D eigenvalue weighted by atomic mass is 9.87. The number of furan rings is 1. The Kier molecular flexibility index (Phi) is 3.73. The Morgan fingerprint density at radius 3 is 1.62 bits per heavy atom. The first-order valence-electron chi connectivity index (χ1n) is 9.32. The largest absolute Gasteiger partial charge is 0.455 e. The van der Waals surface area contributed by atoms with Gasteiger partial charge in [-0.1, -0.05) is 30.3 Å². The Bertz CT molecular complexity index is 1170. The fourth-order valence-electron chi connectivity index (χ4n) is 4.40. The summed E-state index contributed by atoms with van der Waals surface area (Å²) in [6.45, 7) is 15.5. The Morgan fingerprint density at radius 2 is 1.00 bits per heavy atom. The summed E-state index contributed by atoms with van der Waals surface area (Å²) in [5.74, 6) is 0. The molecule has 0 amide bonds. The van der Waals surface area contributed by atoms with E-state index >= 15 is 0 Å². The molecule has 0 spiro atoms. The van der Waals surface area contributed by atoms with Gasteiger partial charge >= 0.3 is 0 Å². The quantitative estimate of drug-likeness (QED) is 0.351. The molecule has 4 rings (SSSR count). The molecule has 0 saturated carbocycles. The third kappa shape index (κ3) is 2.10. The molecule has 4 aromatic rings. The van der Waals surface area contributed by atoms with Gasteiger partial charge in [-0.2, -0.15) is 0 Å². The third-order valence-corrected chi connectivity index (χ3v) is 6.40. The maximum absolute atomic E-state index is 6.53. The fraction of sp³-hybridized carbons (Fsp3) is 0.280. The van der Waals surface area contributed by atoms with Crippen LogP contribution in [0.15, 0.2) is 34.7 Å². The Hall–Kier alpha value is -2.54. The summed E-state index contributed by atoms with van der Waals surface area (Å²) < 4.78 is 6.53. The standard InChI is InChI=1S/C25H26O/c1-13-14(2)18(6)24-22(15(13)3)23-17(5)16(4)21(19(7)25(23)26-24)20-11-9-8-10-12-20/h8-12H,1-7H3. The van der Waals surface area contributed by atoms with Crippen molar-refractivity contribution in [3.8, 4) is 11.1 Å². The number of rotatable bonds is 1. The fourth-order valence-corrected chi connectivity index (χ4v) is 4.40. The normalized spacial score (nSPS) is 11.7. The van der Waals surface area contributed by atoms with Crippen molar-refractivity contribution in [2.24, 2.45) is 0 Å². The number of hydrogen-bond donors (Lipinski definition) is 0. The molecule has 26 heavy (non-hydrogen) atoms. The van der Waals surface area contributed by atoms with Crippen LogP contribution in [0.5, 0.6) is 0 Å². The van der Waals surface area contributed by atoms with Gasteiger partial charge in [0.2, 0.25) is 0 Å². The van der Waals surface area contributed by atoms with Crippen molar-refractivity contribution < 1.29 is 4.42 Å². The highest BCUT2D eigenvalue weighted by Gasteiger charge is 2.22. The van der Waals surface area contributed by atoms with Crippen LogP contribution in [0.25, 0.3) is 33.1 Å². The zero-order valence-electron chi connectivity index (χ0n) is 16.8. The van der Waals surface area contributed by atoms with Crippen LogP contribution in [0.3, 0.4) is 0 Å². The lowest BCUT2D eigenvalue weighted by Crippen LogP contribution is -1.95. The first kappa shape index (κ1) is 16.9. The van der Waals surface area contributed by atoms with Gasteiger partial charge < -0.3 is 4.42 Å². The van der Waals surface area contributed by atoms with E-state index in [4.69, 9.17) is 4.42 Å². The van der Waals surface area contributed by atoms with Crippen LogP contribution in [0.1, 0.15) is 38.9 Å². The van der Waals surface area contributed by atoms with Gasteiger partial charge in [0.05, 0.1) is 0 Å². The van der Waals surface area contributed by atoms with Gasteiger partial charge in [-0.15, -0.1) is 0 Å². The molecule has 0 atom stereocenters. The number of hydrogen-bond acceptors (Lipinski definition) is 1. The molecule has 0 radical (unpaired) electrons. The molecular weight excluding hydrogens is 316 g/mol. The molecule has 0 bridgehead atoms. The average molecular weight is 342 g/mol. The highest BCUT2D eigenvalue weighted by atomic mass is 16.3. The summed E-state index contributed by atoms with van der Waals surface area (Å²) in [5.41, 5.74) is 13.9. The molecule has 0 aliphatic carbocycles. The van der Waals surface area contributed by atoms with Crippen LogP contribution in [0.4, 0.5) is 0 Å². The predicted molar refractivity (Wildman–Crippen MR) is 112 cm³/mol. The van der Waals surface area contributed by atoms with Crippen molar-refractivity contribution in [2.45, 2.75) is 48.5 Å². The predicted octanol–water partition coefficient (Wildman–Crippen LogP) is 7.41. The van der Waals surface area contributed by atoms with Crippen LogP contribution < -0.4 is 0 Å². The zero-order valence-corrected chi connectivity index (χ0v) is 16.8. The Morgan fingerprint density at radius 1 is 0.500 bits per heavy atom. The van der Waals surface area contributed by atoms with Crippen molar-refractivity contribution in [1.82, 2.24) is 0 Å². The zero-order chi connectivity index (χ0) is 18.7. The SMILES string of the molecule is Cc1c(C)c(C)c2c(oc3c(C)c(-c4ccccc4)c(C)c(C)c32)c1C. The van der Waals surface area contributed by atoms with E-state index < -0.39 is 0 Å². The summed E-state index contributed by atoms with van der Waals surface area (Å²) in [4.78, 5) is 0. The lowest BCUT2D eigenvalue weighted by Gasteiger charge is -2.15. The minimum absolute atomic E-state index is 1.04. The topological polar surface area (TPSA) is 13.1 Å². The van der Waals surface area contributed by atoms with Gasteiger partial charge in [0.1, 0.15) is 11.2 Å². The summed E-state index contributed by atoms with van der Waals surface area (Å²) in [6.07, 6.45) is 0. The molecule has 0 aliphatic heterocycles. The molecular formula is C25H26O. The van der Waals surface area contributed by atoms with Gasteiger partial charge in [0.15, 0.2) is 0 Å². The summed E-state index contributed by atoms with van der Waals surface area (Å²) in [7, 11) is 0. The highest BCUT2D eigenvalue weighted by molar-refractivity contribution is 6.12. The molecule has 1 heteroatoms. The molecule has 0 unspecified atom stereocenters. The van der Waals surface area contributed by atoms with Gasteiger partial charge in [0.25, 0.3) is 0 Å². The smallest absolute Gasteiger partial charge is 0.139 e. The number of aryl methyl sites for hydroxylation is 4. The molecule has 1 aromatic heterocycles. The van der Waals surface area contributed by atoms with Crippen molar-refractivity contribution in [2.75, 3.05) is 0 Å². The van der Waals surface area contributed by atoms with Crippen LogP contribution in [-0.4, -0.2) is 0 Å². The molecule has 3 aromatic carbocycles. The van der Waals surface area contributed by atoms with Crippen LogP contribution in [0.2, 0.25) is 0 Å². The first-order valence-corrected chi connectivity index (χ1v) is 9.32. The van der Waals surface area contributed by atoms with Crippen molar-refractivity contribution >= 4 is 21.9 Å². The molecule has 1 nitrogen and oxygen atoms in total. The second-order valence-corrected chi connectivity index (χ2v) is 7.63. The number of benzene rings is 3. The van der Waals surface area contributed by atoms with E-state index in [9.17, 15) is 0 Å². The molecule has 0 saturated heterocycles. The van der Waals surface area contributed by atoms with Crippen LogP contribution in [0, 0.1) is 48.5 Å². The van der Waals surface area contributed by atoms with Crippen molar-refractivity contribution in [3.05, 3.63) is 69.3 Å². The van der Waals surface area contributed by atoms with Gasteiger partial charge in [-0.3, -0.25) is 0 Å². The minimum atomic E-state index is 1.04. The van der Waals surface area contributed by atoms with E-state index in [0.29, 0.717) is 0 Å². The molecule has 1 heterocycles. The third-order valence-electron chi connectivity index (χ3n) is 6.40. The van der Waals surface area contributed by atoms with E-state index in [-0.39, 0.29) is 0 Å². The van der Waals surface area contributed by atoms with E-state index in [2.05, 4.69) is 78.8 Å². The summed E-state index contributed by atoms with van der Waals surface area (Å²) in [6, 6.07) is 10.7. The second kappa shape index (κ2) is 5.74. The van der Waals surface area contributed by atoms with E-state index in [1.807, 2.05) is 0 Å². The first-order chi connectivity index (χ1) is 12.3. The maximum Gasteiger partial charge on any atom is 0.139 e. The maximum atomic E-state index is 6.53.